The fraction of sp³-hybridized carbons (Fsp3) is 0.733. The summed E-state index contributed by atoms with van der Waals surface area (Å²) in [4.78, 5) is 16.6. The lowest BCUT2D eigenvalue weighted by molar-refractivity contribution is 0.236. The molecule has 4 nitrogen and oxygen atoms in total. The van der Waals surface area contributed by atoms with Gasteiger partial charge in [0.15, 0.2) is 0 Å². The first kappa shape index (κ1) is 15.2. The molecule has 3 rings (SSSR count). The van der Waals surface area contributed by atoms with Crippen LogP contribution in [0.5, 0.6) is 0 Å². The highest BCUT2D eigenvalue weighted by Gasteiger charge is 2.35. The van der Waals surface area contributed by atoms with Crippen LogP contribution in [0.1, 0.15) is 42.4 Å². The first-order valence-corrected chi connectivity index (χ1v) is 9.80. The predicted octanol–water partition coefficient (Wildman–Crippen LogP) is 3.35. The molecule has 1 atom stereocenters. The van der Waals surface area contributed by atoms with Crippen LogP contribution < -0.4 is 10.6 Å². The van der Waals surface area contributed by atoms with Crippen molar-refractivity contribution in [2.75, 3.05) is 18.1 Å². The number of carbonyl (C=O) groups excluding carboxylic acids is 1. The van der Waals surface area contributed by atoms with E-state index in [1.165, 1.54) is 31.4 Å². The number of amides is 2. The van der Waals surface area contributed by atoms with E-state index < -0.39 is 0 Å². The van der Waals surface area contributed by atoms with Crippen molar-refractivity contribution in [3.63, 3.8) is 0 Å². The highest BCUT2D eigenvalue weighted by Crippen LogP contribution is 2.41. The van der Waals surface area contributed by atoms with Crippen LogP contribution in [0.2, 0.25) is 0 Å². The Morgan fingerprint density at radius 3 is 2.90 bits per heavy atom. The van der Waals surface area contributed by atoms with Crippen LogP contribution in [0.15, 0.2) is 5.38 Å². The Labute approximate surface area is 134 Å². The maximum Gasteiger partial charge on any atom is 0.315 e. The molecule has 0 unspecified atom stereocenters. The molecule has 0 saturated heterocycles. The number of urea groups is 1. The van der Waals surface area contributed by atoms with Crippen LogP contribution >= 0.6 is 23.1 Å². The third-order valence-electron chi connectivity index (χ3n) is 3.87. The van der Waals surface area contributed by atoms with E-state index in [9.17, 15) is 4.79 Å². The minimum absolute atomic E-state index is 0.0493. The SMILES string of the molecule is Cc1csc([C@@H](NC(=O)NCCSCC2CC2)C2CC2)n1. The molecule has 1 aromatic rings. The number of thioether (sulfide) groups is 1. The first-order chi connectivity index (χ1) is 10.2. The third kappa shape index (κ3) is 4.88. The van der Waals surface area contributed by atoms with Gasteiger partial charge in [-0.15, -0.1) is 11.3 Å². The van der Waals surface area contributed by atoms with Gasteiger partial charge in [0.25, 0.3) is 0 Å². The van der Waals surface area contributed by atoms with E-state index in [2.05, 4.69) is 21.0 Å². The zero-order valence-corrected chi connectivity index (χ0v) is 14.1. The minimum atomic E-state index is -0.0493. The van der Waals surface area contributed by atoms with Gasteiger partial charge >= 0.3 is 6.03 Å². The Morgan fingerprint density at radius 1 is 1.48 bits per heavy atom. The average Bonchev–Trinajstić information content (AvgIpc) is 3.36. The van der Waals surface area contributed by atoms with Crippen LogP contribution in [0.3, 0.4) is 0 Å². The molecule has 2 saturated carbocycles. The molecule has 1 aromatic heterocycles. The zero-order chi connectivity index (χ0) is 14.7. The van der Waals surface area contributed by atoms with E-state index in [1.54, 1.807) is 11.3 Å². The number of aromatic nitrogens is 1. The van der Waals surface area contributed by atoms with Crippen molar-refractivity contribution < 1.29 is 4.79 Å². The maximum absolute atomic E-state index is 12.0. The molecule has 1 heterocycles. The molecule has 2 aliphatic rings. The number of rotatable bonds is 8. The summed E-state index contributed by atoms with van der Waals surface area (Å²) in [5, 5.41) is 9.19. The lowest BCUT2D eigenvalue weighted by atomic mass is 10.2. The molecule has 2 amide bonds. The molecule has 2 aliphatic carbocycles. The standard InChI is InChI=1S/C15H23N3OS2/c1-10-8-21-14(17-10)13(12-4-5-12)18-15(19)16-6-7-20-9-11-2-3-11/h8,11-13H,2-7,9H2,1H3,(H2,16,18,19)/t13-/m0/s1. The highest BCUT2D eigenvalue weighted by molar-refractivity contribution is 7.99. The van der Waals surface area contributed by atoms with E-state index in [4.69, 9.17) is 0 Å². The molecular formula is C15H23N3OS2. The fourth-order valence-electron chi connectivity index (χ4n) is 2.29. The number of carbonyl (C=O) groups is 1. The minimum Gasteiger partial charge on any atom is -0.337 e. The second-order valence-corrected chi connectivity index (χ2v) is 8.10. The molecule has 116 valence electrons. The number of nitrogens with zero attached hydrogens (tertiary/aromatic N) is 1. The molecule has 2 N–H and O–H groups in total. The van der Waals surface area contributed by atoms with E-state index in [-0.39, 0.29) is 12.1 Å². The summed E-state index contributed by atoms with van der Waals surface area (Å²) in [5.74, 6) is 3.79. The smallest absolute Gasteiger partial charge is 0.315 e. The lowest BCUT2D eigenvalue weighted by Crippen LogP contribution is -2.39. The number of hydrogen-bond acceptors (Lipinski definition) is 4. The zero-order valence-electron chi connectivity index (χ0n) is 12.4. The summed E-state index contributed by atoms with van der Waals surface area (Å²) in [6, 6.07) is 0.0505. The van der Waals surface area contributed by atoms with Crippen molar-refractivity contribution in [2.24, 2.45) is 11.8 Å². The Bertz CT molecular complexity index is 483. The molecular weight excluding hydrogens is 302 g/mol. The number of aryl methyl sites for hydroxylation is 1. The quantitative estimate of drug-likeness (QED) is 0.721. The first-order valence-electron chi connectivity index (χ1n) is 7.76. The van der Waals surface area contributed by atoms with Crippen molar-refractivity contribution in [3.05, 3.63) is 16.1 Å². The molecule has 0 spiro atoms. The Hall–Kier alpha value is -0.750. The number of hydrogen-bond donors (Lipinski definition) is 2. The normalized spacial score (nSPS) is 19.3. The van der Waals surface area contributed by atoms with E-state index in [1.807, 2.05) is 18.7 Å². The van der Waals surface area contributed by atoms with Gasteiger partial charge in [0.2, 0.25) is 0 Å². The maximum atomic E-state index is 12.0. The van der Waals surface area contributed by atoms with Crippen LogP contribution in [0.4, 0.5) is 4.79 Å². The van der Waals surface area contributed by atoms with Gasteiger partial charge in [-0.25, -0.2) is 9.78 Å². The lowest BCUT2D eigenvalue weighted by Gasteiger charge is -2.16. The van der Waals surface area contributed by atoms with Crippen LogP contribution in [-0.2, 0) is 0 Å². The molecule has 0 radical (unpaired) electrons. The van der Waals surface area contributed by atoms with Crippen molar-refractivity contribution >= 4 is 29.1 Å². The molecule has 21 heavy (non-hydrogen) atoms. The van der Waals surface area contributed by atoms with Crippen molar-refractivity contribution in [1.29, 1.82) is 0 Å². The summed E-state index contributed by atoms with van der Waals surface area (Å²) in [7, 11) is 0. The van der Waals surface area contributed by atoms with E-state index in [0.29, 0.717) is 5.92 Å². The molecule has 2 fully saturated rings. The summed E-state index contributed by atoms with van der Waals surface area (Å²) in [5.41, 5.74) is 1.04. The van der Waals surface area contributed by atoms with Gasteiger partial charge in [0.05, 0.1) is 6.04 Å². The molecule has 6 heteroatoms. The van der Waals surface area contributed by atoms with Gasteiger partial charge in [-0.3, -0.25) is 0 Å². The Balaban J connectivity index is 1.39. The largest absolute Gasteiger partial charge is 0.337 e. The summed E-state index contributed by atoms with van der Waals surface area (Å²) < 4.78 is 0. The van der Waals surface area contributed by atoms with Gasteiger partial charge in [-0.05, 0) is 50.2 Å². The number of thiazole rings is 1. The summed E-state index contributed by atoms with van der Waals surface area (Å²) in [6.07, 6.45) is 5.19. The fourth-order valence-corrected chi connectivity index (χ4v) is 4.31. The Morgan fingerprint density at radius 2 is 2.29 bits per heavy atom. The topological polar surface area (TPSA) is 54.0 Å². The monoisotopic (exact) mass is 325 g/mol. The van der Waals surface area contributed by atoms with Gasteiger partial charge in [-0.1, -0.05) is 0 Å². The van der Waals surface area contributed by atoms with Crippen LogP contribution in [0.25, 0.3) is 0 Å². The van der Waals surface area contributed by atoms with E-state index >= 15 is 0 Å². The molecule has 0 aliphatic heterocycles. The highest BCUT2D eigenvalue weighted by atomic mass is 32.2. The van der Waals surface area contributed by atoms with Crippen LogP contribution in [0, 0.1) is 18.8 Å². The van der Waals surface area contributed by atoms with E-state index in [0.717, 1.165) is 28.9 Å². The number of nitrogens with one attached hydrogen (secondary N) is 2. The average molecular weight is 326 g/mol. The van der Waals surface area contributed by atoms with Gasteiger partial charge in [0.1, 0.15) is 5.01 Å². The summed E-state index contributed by atoms with van der Waals surface area (Å²) >= 11 is 3.60. The second kappa shape index (κ2) is 7.01. The van der Waals surface area contributed by atoms with Gasteiger partial charge < -0.3 is 10.6 Å². The van der Waals surface area contributed by atoms with Crippen LogP contribution in [-0.4, -0.2) is 29.1 Å². The van der Waals surface area contributed by atoms with Crippen molar-refractivity contribution in [3.8, 4) is 0 Å². The molecule has 0 bridgehead atoms. The van der Waals surface area contributed by atoms with Gasteiger partial charge in [0, 0.05) is 23.4 Å². The molecule has 0 aromatic carbocycles. The van der Waals surface area contributed by atoms with Gasteiger partial charge in [-0.2, -0.15) is 11.8 Å². The van der Waals surface area contributed by atoms with Crippen molar-refractivity contribution in [2.45, 2.75) is 38.6 Å². The Kier molecular flexibility index (Phi) is 5.06. The predicted molar refractivity (Wildman–Crippen MR) is 88.9 cm³/mol. The summed E-state index contributed by atoms with van der Waals surface area (Å²) in [6.45, 7) is 2.75. The second-order valence-electron chi connectivity index (χ2n) is 6.06. The third-order valence-corrected chi connectivity index (χ3v) is 6.11. The van der Waals surface area contributed by atoms with Crippen molar-refractivity contribution in [1.82, 2.24) is 15.6 Å².